The van der Waals surface area contributed by atoms with E-state index in [0.717, 1.165) is 16.9 Å². The van der Waals surface area contributed by atoms with E-state index in [2.05, 4.69) is 9.71 Å². The second-order valence-corrected chi connectivity index (χ2v) is 8.20. The van der Waals surface area contributed by atoms with E-state index in [9.17, 15) is 8.42 Å². The van der Waals surface area contributed by atoms with E-state index in [4.69, 9.17) is 11.6 Å². The zero-order chi connectivity index (χ0) is 19.0. The smallest absolute Gasteiger partial charge is 0.262 e. The highest BCUT2D eigenvalue weighted by atomic mass is 35.5. The molecule has 7 heteroatoms. The van der Waals surface area contributed by atoms with Crippen LogP contribution >= 0.6 is 11.6 Å². The number of nitrogens with zero attached hydrogens (tertiary/aromatic N) is 2. The van der Waals surface area contributed by atoms with Gasteiger partial charge >= 0.3 is 0 Å². The van der Waals surface area contributed by atoms with Crippen molar-refractivity contribution in [3.8, 4) is 11.3 Å². The number of pyridine rings is 1. The molecule has 27 heavy (non-hydrogen) atoms. The number of halogens is 1. The Morgan fingerprint density at radius 3 is 2.52 bits per heavy atom. The molecule has 0 radical (unpaired) electrons. The molecule has 0 amide bonds. The summed E-state index contributed by atoms with van der Waals surface area (Å²) in [5, 5.41) is 0.417. The van der Waals surface area contributed by atoms with Crippen molar-refractivity contribution < 1.29 is 8.42 Å². The quantitative estimate of drug-likeness (QED) is 0.539. The molecule has 0 bridgehead atoms. The van der Waals surface area contributed by atoms with Crippen LogP contribution in [0.4, 0.5) is 5.69 Å². The normalized spacial score (nSPS) is 11.6. The molecule has 0 saturated heterocycles. The molecule has 5 nitrogen and oxygen atoms in total. The van der Waals surface area contributed by atoms with Crippen LogP contribution in [0.1, 0.15) is 5.56 Å². The molecule has 4 aromatic rings. The summed E-state index contributed by atoms with van der Waals surface area (Å²) in [7, 11) is -3.72. The molecule has 0 aliphatic carbocycles. The van der Waals surface area contributed by atoms with Gasteiger partial charge in [0.25, 0.3) is 10.0 Å². The van der Waals surface area contributed by atoms with Crippen molar-refractivity contribution in [2.75, 3.05) is 4.72 Å². The van der Waals surface area contributed by atoms with Gasteiger partial charge in [0.2, 0.25) is 0 Å². The molecule has 0 unspecified atom stereocenters. The number of anilines is 1. The second kappa shape index (κ2) is 6.72. The number of imidazole rings is 1. The Balaban J connectivity index is 1.61. The zero-order valence-electron chi connectivity index (χ0n) is 14.4. The van der Waals surface area contributed by atoms with Crippen LogP contribution in [0.15, 0.2) is 78.0 Å². The van der Waals surface area contributed by atoms with Gasteiger partial charge in [0.1, 0.15) is 5.65 Å². The fourth-order valence-electron chi connectivity index (χ4n) is 2.87. The van der Waals surface area contributed by atoms with Crippen molar-refractivity contribution in [2.45, 2.75) is 11.8 Å². The number of rotatable bonds is 4. The minimum atomic E-state index is -3.72. The van der Waals surface area contributed by atoms with E-state index < -0.39 is 10.0 Å². The average molecular weight is 398 g/mol. The third-order valence-corrected chi connectivity index (χ3v) is 6.24. The third kappa shape index (κ3) is 3.41. The van der Waals surface area contributed by atoms with Gasteiger partial charge in [-0.15, -0.1) is 0 Å². The van der Waals surface area contributed by atoms with E-state index in [-0.39, 0.29) is 4.90 Å². The van der Waals surface area contributed by atoms with Crippen LogP contribution in [0, 0.1) is 6.92 Å². The van der Waals surface area contributed by atoms with Gasteiger partial charge in [0.15, 0.2) is 0 Å². The predicted molar refractivity (Wildman–Crippen MR) is 108 cm³/mol. The van der Waals surface area contributed by atoms with Crippen LogP contribution in [0.5, 0.6) is 0 Å². The van der Waals surface area contributed by atoms with Gasteiger partial charge in [-0.1, -0.05) is 35.9 Å². The molecule has 4 rings (SSSR count). The SMILES string of the molecule is Cc1c(Cl)cccc1S(=O)(=O)Nc1ccc(-c2cn3ccccc3n2)cc1. The van der Waals surface area contributed by atoms with Gasteiger partial charge in [-0.05, 0) is 48.9 Å². The van der Waals surface area contributed by atoms with E-state index in [1.54, 1.807) is 31.2 Å². The van der Waals surface area contributed by atoms with Crippen molar-refractivity contribution in [3.05, 3.63) is 83.6 Å². The van der Waals surface area contributed by atoms with Crippen LogP contribution in [0.25, 0.3) is 16.9 Å². The molecule has 0 fully saturated rings. The minimum Gasteiger partial charge on any atom is -0.306 e. The summed E-state index contributed by atoms with van der Waals surface area (Å²) >= 11 is 6.04. The van der Waals surface area contributed by atoms with Crippen LogP contribution in [-0.2, 0) is 10.0 Å². The van der Waals surface area contributed by atoms with Crippen molar-refractivity contribution in [3.63, 3.8) is 0 Å². The van der Waals surface area contributed by atoms with E-state index in [1.165, 1.54) is 6.07 Å². The minimum absolute atomic E-state index is 0.166. The third-order valence-electron chi connectivity index (χ3n) is 4.30. The molecule has 0 spiro atoms. The maximum Gasteiger partial charge on any atom is 0.262 e. The summed E-state index contributed by atoms with van der Waals surface area (Å²) in [6.07, 6.45) is 3.87. The summed E-state index contributed by atoms with van der Waals surface area (Å²) in [6.45, 7) is 1.68. The lowest BCUT2D eigenvalue weighted by atomic mass is 10.1. The number of sulfonamides is 1. The second-order valence-electron chi connectivity index (χ2n) is 6.14. The first-order valence-electron chi connectivity index (χ1n) is 8.26. The predicted octanol–water partition coefficient (Wildman–Crippen LogP) is 4.76. The molecular weight excluding hydrogens is 382 g/mol. The van der Waals surface area contributed by atoms with E-state index >= 15 is 0 Å². The summed E-state index contributed by atoms with van der Waals surface area (Å²) in [5.41, 5.74) is 3.57. The van der Waals surface area contributed by atoms with Crippen LogP contribution in [0.3, 0.4) is 0 Å². The monoisotopic (exact) mass is 397 g/mol. The first-order valence-corrected chi connectivity index (χ1v) is 10.1. The van der Waals surface area contributed by atoms with Crippen molar-refractivity contribution >= 4 is 33.0 Å². The Morgan fingerprint density at radius 1 is 1.00 bits per heavy atom. The number of aromatic nitrogens is 2. The van der Waals surface area contributed by atoms with Crippen molar-refractivity contribution in [1.29, 1.82) is 0 Å². The van der Waals surface area contributed by atoms with Gasteiger partial charge < -0.3 is 4.40 Å². The van der Waals surface area contributed by atoms with Gasteiger partial charge in [0, 0.05) is 28.7 Å². The van der Waals surface area contributed by atoms with Crippen molar-refractivity contribution in [2.24, 2.45) is 0 Å². The Labute approximate surface area is 162 Å². The van der Waals surface area contributed by atoms with Gasteiger partial charge in [0.05, 0.1) is 10.6 Å². The van der Waals surface area contributed by atoms with Crippen LogP contribution < -0.4 is 4.72 Å². The summed E-state index contributed by atoms with van der Waals surface area (Å²) in [5.74, 6) is 0. The molecule has 0 atom stereocenters. The lowest BCUT2D eigenvalue weighted by Gasteiger charge is -2.11. The summed E-state index contributed by atoms with van der Waals surface area (Å²) in [6, 6.07) is 17.7. The first kappa shape index (κ1) is 17.6. The molecule has 2 aromatic heterocycles. The highest BCUT2D eigenvalue weighted by Gasteiger charge is 2.18. The first-order chi connectivity index (χ1) is 12.9. The lowest BCUT2D eigenvalue weighted by molar-refractivity contribution is 0.600. The number of nitrogens with one attached hydrogen (secondary N) is 1. The highest BCUT2D eigenvalue weighted by Crippen LogP contribution is 2.26. The molecule has 1 N–H and O–H groups in total. The van der Waals surface area contributed by atoms with Gasteiger partial charge in [-0.25, -0.2) is 13.4 Å². The summed E-state index contributed by atoms with van der Waals surface area (Å²) < 4.78 is 29.9. The number of hydrogen-bond donors (Lipinski definition) is 1. The van der Waals surface area contributed by atoms with E-state index in [1.807, 2.05) is 47.1 Å². The molecule has 2 heterocycles. The van der Waals surface area contributed by atoms with Crippen LogP contribution in [0.2, 0.25) is 5.02 Å². The van der Waals surface area contributed by atoms with Gasteiger partial charge in [-0.2, -0.15) is 0 Å². The standard InChI is InChI=1S/C20H16ClN3O2S/c1-14-17(21)5-4-6-19(14)27(25,26)23-16-10-8-15(9-11-16)18-13-24-12-3-2-7-20(24)22-18/h2-13,23H,1H3. The average Bonchev–Trinajstić information content (AvgIpc) is 3.08. The molecule has 0 saturated carbocycles. The zero-order valence-corrected chi connectivity index (χ0v) is 16.0. The fraction of sp³-hybridized carbons (Fsp3) is 0.0500. The van der Waals surface area contributed by atoms with E-state index in [0.29, 0.717) is 16.3 Å². The topological polar surface area (TPSA) is 63.5 Å². The number of fused-ring (bicyclic) bond motifs is 1. The number of benzene rings is 2. The molecule has 0 aliphatic rings. The lowest BCUT2D eigenvalue weighted by Crippen LogP contribution is -2.14. The Kier molecular flexibility index (Phi) is 4.37. The van der Waals surface area contributed by atoms with Gasteiger partial charge in [-0.3, -0.25) is 4.72 Å². The molecule has 0 aliphatic heterocycles. The maximum absolute atomic E-state index is 12.7. The molecule has 2 aromatic carbocycles. The fourth-order valence-corrected chi connectivity index (χ4v) is 4.43. The van der Waals surface area contributed by atoms with Crippen molar-refractivity contribution in [1.82, 2.24) is 9.38 Å². The largest absolute Gasteiger partial charge is 0.306 e. The Morgan fingerprint density at radius 2 is 1.78 bits per heavy atom. The highest BCUT2D eigenvalue weighted by molar-refractivity contribution is 7.92. The van der Waals surface area contributed by atoms with Crippen LogP contribution in [-0.4, -0.2) is 17.8 Å². The summed E-state index contributed by atoms with van der Waals surface area (Å²) in [4.78, 5) is 4.73. The molecular formula is C20H16ClN3O2S. The Hall–Kier alpha value is -2.83. The number of hydrogen-bond acceptors (Lipinski definition) is 3. The molecule has 136 valence electrons. The Bertz CT molecular complexity index is 1200. The maximum atomic E-state index is 12.7.